The minimum atomic E-state index is -4.38. The minimum absolute atomic E-state index is 0.189. The molecule has 1 saturated carbocycles. The van der Waals surface area contributed by atoms with Gasteiger partial charge in [0, 0.05) is 18.4 Å². The molecule has 3 rings (SSSR count). The number of H-pyrrole nitrogens is 1. The summed E-state index contributed by atoms with van der Waals surface area (Å²) in [6.45, 7) is 10.8. The smallest absolute Gasteiger partial charge is 0.330 e. The van der Waals surface area contributed by atoms with Crippen molar-refractivity contribution in [1.29, 1.82) is 0 Å². The van der Waals surface area contributed by atoms with E-state index in [0.29, 0.717) is 12.5 Å². The second-order valence-electron chi connectivity index (χ2n) is 7.84. The van der Waals surface area contributed by atoms with Crippen LogP contribution in [0.1, 0.15) is 58.7 Å². The van der Waals surface area contributed by atoms with Gasteiger partial charge in [-0.1, -0.05) is 27.7 Å². The molecule has 0 radical (unpaired) electrons. The molecule has 5 unspecified atom stereocenters. The zero-order valence-electron chi connectivity index (χ0n) is 20.5. The Morgan fingerprint density at radius 3 is 2.21 bits per heavy atom. The first kappa shape index (κ1) is 30.9. The van der Waals surface area contributed by atoms with Crippen LogP contribution < -0.4 is 11.2 Å². The first-order valence-corrected chi connectivity index (χ1v) is 15.3. The molecule has 0 spiro atoms. The van der Waals surface area contributed by atoms with Crippen molar-refractivity contribution in [3.8, 4) is 0 Å². The van der Waals surface area contributed by atoms with Gasteiger partial charge in [-0.15, -0.1) is 0 Å². The summed E-state index contributed by atoms with van der Waals surface area (Å²) in [5, 5.41) is 0. The van der Waals surface area contributed by atoms with Gasteiger partial charge in [-0.25, -0.2) is 4.79 Å². The summed E-state index contributed by atoms with van der Waals surface area (Å²) in [5.41, 5.74) is -1.10. The fraction of sp³-hybridized carbons (Fsp3) is 0.800. The molecular weight excluding hydrogens is 490 g/mol. The Balaban J connectivity index is 0.00000137. The molecular formula is C20H38N2O10P2. The summed E-state index contributed by atoms with van der Waals surface area (Å²) < 4.78 is 41.5. The molecule has 4 N–H and O–H groups in total. The second-order valence-corrected chi connectivity index (χ2v) is 11.4. The summed E-state index contributed by atoms with van der Waals surface area (Å²) >= 11 is 0. The van der Waals surface area contributed by atoms with Gasteiger partial charge < -0.3 is 24.2 Å². The highest BCUT2D eigenvalue weighted by molar-refractivity contribution is 7.52. The number of aromatic nitrogens is 2. The van der Waals surface area contributed by atoms with Gasteiger partial charge in [-0.05, 0) is 32.1 Å². The average molecular weight is 528 g/mol. The molecule has 1 aliphatic carbocycles. The van der Waals surface area contributed by atoms with Crippen LogP contribution in [0.3, 0.4) is 0 Å². The van der Waals surface area contributed by atoms with Crippen LogP contribution in [0.4, 0.5) is 0 Å². The lowest BCUT2D eigenvalue weighted by Crippen LogP contribution is -2.40. The summed E-state index contributed by atoms with van der Waals surface area (Å²) in [6.07, 6.45) is -1.81. The van der Waals surface area contributed by atoms with Crippen molar-refractivity contribution in [2.24, 2.45) is 5.92 Å². The molecule has 1 saturated heterocycles. The highest BCUT2D eigenvalue weighted by atomic mass is 31.2. The highest BCUT2D eigenvalue weighted by Gasteiger charge is 2.50. The number of aromatic amines is 1. The van der Waals surface area contributed by atoms with Crippen LogP contribution in [0, 0.1) is 12.8 Å². The number of hydrogen-bond acceptors (Lipinski definition) is 7. The van der Waals surface area contributed by atoms with Crippen LogP contribution in [0.2, 0.25) is 0 Å². The Hall–Kier alpha value is -1.10. The predicted molar refractivity (Wildman–Crippen MR) is 127 cm³/mol. The lowest BCUT2D eigenvalue weighted by Gasteiger charge is -2.26. The van der Waals surface area contributed by atoms with Gasteiger partial charge in [0.2, 0.25) is 0 Å². The van der Waals surface area contributed by atoms with E-state index in [9.17, 15) is 33.4 Å². The first-order chi connectivity index (χ1) is 15.8. The van der Waals surface area contributed by atoms with Gasteiger partial charge in [0.15, 0.2) is 6.23 Å². The number of ether oxygens (including phenoxy) is 2. The third kappa shape index (κ3) is 9.51. The maximum absolute atomic E-state index is 12.4. The molecule has 1 aromatic heterocycles. The molecule has 14 heteroatoms. The van der Waals surface area contributed by atoms with Gasteiger partial charge in [-0.3, -0.25) is 28.0 Å². The van der Waals surface area contributed by atoms with Crippen molar-refractivity contribution >= 4 is 15.2 Å². The molecule has 2 aliphatic rings. The van der Waals surface area contributed by atoms with E-state index in [-0.39, 0.29) is 12.0 Å². The maximum Gasteiger partial charge on any atom is 0.330 e. The summed E-state index contributed by atoms with van der Waals surface area (Å²) in [7, 11) is -8.41. The zero-order valence-corrected chi connectivity index (χ0v) is 22.3. The largest absolute Gasteiger partial charge is 0.370 e. The Bertz CT molecular complexity index is 978. The van der Waals surface area contributed by atoms with Crippen molar-refractivity contribution in [1.82, 2.24) is 9.55 Å². The average Bonchev–Trinajstić information content (AvgIpc) is 3.52. The van der Waals surface area contributed by atoms with Crippen molar-refractivity contribution in [3.63, 3.8) is 0 Å². The molecule has 5 atom stereocenters. The normalized spacial score (nSPS) is 26.0. The first-order valence-electron chi connectivity index (χ1n) is 11.5. The van der Waals surface area contributed by atoms with E-state index >= 15 is 0 Å². The van der Waals surface area contributed by atoms with E-state index in [4.69, 9.17) is 14.0 Å². The van der Waals surface area contributed by atoms with Crippen LogP contribution in [-0.4, -0.2) is 62.0 Å². The molecule has 2 heterocycles. The van der Waals surface area contributed by atoms with Crippen LogP contribution in [0.15, 0.2) is 15.8 Å². The summed E-state index contributed by atoms with van der Waals surface area (Å²) in [4.78, 5) is 54.5. The van der Waals surface area contributed by atoms with Crippen molar-refractivity contribution < 1.29 is 37.8 Å². The maximum atomic E-state index is 12.4. The SMILES string of the molecule is CC.CC.Cc1cn(C2OC(CCP(=O)(O)O)C(OP(C)(=O)O)C2OCC2CC2)c(=O)[nH]c1=O. The Morgan fingerprint density at radius 2 is 1.71 bits per heavy atom. The van der Waals surface area contributed by atoms with E-state index in [0.717, 1.165) is 24.1 Å². The Kier molecular flexibility index (Phi) is 12.1. The van der Waals surface area contributed by atoms with E-state index in [1.54, 1.807) is 0 Å². The predicted octanol–water partition coefficient (Wildman–Crippen LogP) is 2.36. The topological polar surface area (TPSA) is 177 Å². The van der Waals surface area contributed by atoms with Crippen LogP contribution >= 0.6 is 15.2 Å². The van der Waals surface area contributed by atoms with E-state index < -0.39 is 57.1 Å². The number of aryl methyl sites for hydroxylation is 1. The lowest BCUT2D eigenvalue weighted by molar-refractivity contribution is -0.0721. The van der Waals surface area contributed by atoms with Crippen molar-refractivity contribution in [2.45, 2.75) is 78.4 Å². The highest BCUT2D eigenvalue weighted by Crippen LogP contribution is 2.47. The summed E-state index contributed by atoms with van der Waals surface area (Å²) in [6, 6.07) is 0. The number of hydrogen-bond donors (Lipinski definition) is 4. The van der Waals surface area contributed by atoms with Gasteiger partial charge in [-0.2, -0.15) is 0 Å². The molecule has 34 heavy (non-hydrogen) atoms. The van der Waals surface area contributed by atoms with Gasteiger partial charge >= 0.3 is 20.9 Å². The van der Waals surface area contributed by atoms with Gasteiger partial charge in [0.25, 0.3) is 5.56 Å². The molecule has 2 fully saturated rings. The van der Waals surface area contributed by atoms with Crippen molar-refractivity contribution in [2.75, 3.05) is 19.4 Å². The summed E-state index contributed by atoms with van der Waals surface area (Å²) in [5.74, 6) is 0.317. The van der Waals surface area contributed by atoms with E-state index in [1.165, 1.54) is 13.1 Å². The van der Waals surface area contributed by atoms with Crippen LogP contribution in [0.5, 0.6) is 0 Å². The zero-order chi connectivity index (χ0) is 26.3. The van der Waals surface area contributed by atoms with E-state index in [2.05, 4.69) is 4.98 Å². The van der Waals surface area contributed by atoms with Gasteiger partial charge in [0.05, 0.1) is 18.9 Å². The second kappa shape index (κ2) is 13.3. The fourth-order valence-corrected chi connectivity index (χ4v) is 4.60. The number of nitrogens with zero attached hydrogens (tertiary/aromatic N) is 1. The lowest BCUT2D eigenvalue weighted by atomic mass is 10.1. The molecule has 1 aromatic rings. The molecule has 0 bridgehead atoms. The molecule has 0 amide bonds. The Labute approximate surface area is 199 Å². The monoisotopic (exact) mass is 528 g/mol. The number of rotatable bonds is 9. The van der Waals surface area contributed by atoms with Crippen LogP contribution in [-0.2, 0) is 23.1 Å². The molecule has 12 nitrogen and oxygen atoms in total. The number of nitrogens with one attached hydrogen (secondary N) is 1. The van der Waals surface area contributed by atoms with Gasteiger partial charge in [0.1, 0.15) is 12.2 Å². The standard InChI is InChI=1S/C16H26N2O10P2.2C2H6/c1-9-7-18(16(20)17-14(9)19)15-13(26-8-10-3-4-10)12(28-29(2,21)22)11(27-15)5-6-30(23,24)25;2*1-2/h7,10-13,15H,3-6,8H2,1-2H3,(H,21,22)(H,17,19,20)(H2,23,24,25);2*1-2H3. The third-order valence-corrected chi connectivity index (χ3v) is 6.42. The molecule has 1 aliphatic heterocycles. The van der Waals surface area contributed by atoms with E-state index in [1.807, 2.05) is 27.7 Å². The minimum Gasteiger partial charge on any atom is -0.370 e. The fourth-order valence-electron chi connectivity index (χ4n) is 3.30. The Morgan fingerprint density at radius 1 is 1.12 bits per heavy atom. The van der Waals surface area contributed by atoms with Crippen molar-refractivity contribution in [3.05, 3.63) is 32.6 Å². The molecule has 198 valence electrons. The van der Waals surface area contributed by atoms with Crippen LogP contribution in [0.25, 0.3) is 0 Å². The quantitative estimate of drug-likeness (QED) is 0.348. The third-order valence-electron chi connectivity index (χ3n) is 4.95. The molecule has 0 aromatic carbocycles.